The van der Waals surface area contributed by atoms with Gasteiger partial charge in [-0.3, -0.25) is 14.4 Å². The lowest BCUT2D eigenvalue weighted by Gasteiger charge is -2.16. The number of nitrogens with zero attached hydrogens (tertiary/aromatic N) is 2. The lowest BCUT2D eigenvalue weighted by atomic mass is 10.0. The van der Waals surface area contributed by atoms with Gasteiger partial charge in [0, 0.05) is 11.1 Å². The Bertz CT molecular complexity index is 1230. The zero-order valence-corrected chi connectivity index (χ0v) is 16.2. The molecule has 0 bridgehead atoms. The summed E-state index contributed by atoms with van der Waals surface area (Å²) in [6.07, 6.45) is 0.544. The monoisotopic (exact) mass is 382 g/mol. The van der Waals surface area contributed by atoms with Gasteiger partial charge in [0.1, 0.15) is 11.3 Å². The summed E-state index contributed by atoms with van der Waals surface area (Å²) in [5, 5.41) is 11.6. The van der Waals surface area contributed by atoms with E-state index in [4.69, 9.17) is 0 Å². The highest BCUT2D eigenvalue weighted by Gasteiger charge is 2.20. The fourth-order valence-corrected chi connectivity index (χ4v) is 3.56. The van der Waals surface area contributed by atoms with Crippen molar-refractivity contribution in [2.45, 2.75) is 19.9 Å². The summed E-state index contributed by atoms with van der Waals surface area (Å²) in [5.41, 5.74) is 3.10. The molecule has 0 amide bonds. The molecule has 0 aliphatic carbocycles. The van der Waals surface area contributed by atoms with Gasteiger partial charge in [0.2, 0.25) is 0 Å². The van der Waals surface area contributed by atoms with Crippen molar-refractivity contribution < 1.29 is 5.11 Å². The van der Waals surface area contributed by atoms with Crippen molar-refractivity contribution in [2.75, 3.05) is 0 Å². The highest BCUT2D eigenvalue weighted by molar-refractivity contribution is 6.06. The van der Waals surface area contributed by atoms with E-state index in [0.29, 0.717) is 29.6 Å². The molecular formula is C25H22N2O2. The van der Waals surface area contributed by atoms with Crippen molar-refractivity contribution >= 4 is 16.6 Å². The summed E-state index contributed by atoms with van der Waals surface area (Å²) in [4.78, 5) is 18.2. The van der Waals surface area contributed by atoms with Crippen LogP contribution in [0.3, 0.4) is 0 Å². The van der Waals surface area contributed by atoms with Crippen molar-refractivity contribution in [3.05, 3.63) is 106 Å². The third-order valence-corrected chi connectivity index (χ3v) is 4.99. The second-order valence-corrected chi connectivity index (χ2v) is 6.82. The number of benzene rings is 3. The quantitative estimate of drug-likeness (QED) is 0.489. The second-order valence-electron chi connectivity index (χ2n) is 6.82. The van der Waals surface area contributed by atoms with Gasteiger partial charge in [0.15, 0.2) is 0 Å². The first-order valence-electron chi connectivity index (χ1n) is 9.70. The fourth-order valence-electron chi connectivity index (χ4n) is 3.56. The van der Waals surface area contributed by atoms with Gasteiger partial charge in [-0.2, -0.15) is 0 Å². The summed E-state index contributed by atoms with van der Waals surface area (Å²) in [6, 6.07) is 26.8. The molecule has 0 atom stereocenters. The molecule has 0 saturated carbocycles. The van der Waals surface area contributed by atoms with Gasteiger partial charge in [-0.1, -0.05) is 67.6 Å². The molecule has 0 aliphatic heterocycles. The van der Waals surface area contributed by atoms with E-state index in [9.17, 15) is 9.90 Å². The van der Waals surface area contributed by atoms with Crippen LogP contribution in [-0.2, 0) is 6.54 Å². The van der Waals surface area contributed by atoms with Crippen LogP contribution in [0.1, 0.15) is 24.5 Å². The van der Waals surface area contributed by atoms with Crippen LogP contribution in [0.2, 0.25) is 0 Å². The first kappa shape index (κ1) is 18.7. The molecule has 144 valence electrons. The van der Waals surface area contributed by atoms with Crippen LogP contribution in [0.25, 0.3) is 16.6 Å². The van der Waals surface area contributed by atoms with E-state index in [1.165, 1.54) is 0 Å². The molecule has 0 spiro atoms. The third-order valence-electron chi connectivity index (χ3n) is 4.99. The van der Waals surface area contributed by atoms with Gasteiger partial charge in [-0.15, -0.1) is 0 Å². The van der Waals surface area contributed by atoms with Crippen molar-refractivity contribution in [1.82, 2.24) is 4.57 Å². The van der Waals surface area contributed by atoms with Crippen LogP contribution < -0.4 is 5.56 Å². The Morgan fingerprint density at radius 3 is 2.21 bits per heavy atom. The van der Waals surface area contributed by atoms with Crippen LogP contribution in [0.5, 0.6) is 5.75 Å². The molecule has 4 nitrogen and oxygen atoms in total. The van der Waals surface area contributed by atoms with E-state index < -0.39 is 0 Å². The van der Waals surface area contributed by atoms with Crippen LogP contribution >= 0.6 is 0 Å². The molecule has 4 rings (SSSR count). The number of aliphatic imine (C=N–C) groups is 1. The third kappa shape index (κ3) is 3.57. The zero-order valence-electron chi connectivity index (χ0n) is 16.2. The molecule has 1 N–H and O–H groups in total. The lowest BCUT2D eigenvalue weighted by molar-refractivity contribution is 0.478. The molecule has 0 fully saturated rings. The maximum absolute atomic E-state index is 13.5. The SMILES string of the molecule is CCC(=NCc1ccccc1)c1c(O)c2ccccc2n(-c2ccccc2)c1=O. The van der Waals surface area contributed by atoms with Gasteiger partial charge in [0.05, 0.1) is 17.8 Å². The summed E-state index contributed by atoms with van der Waals surface area (Å²) >= 11 is 0. The van der Waals surface area contributed by atoms with Crippen LogP contribution in [0, 0.1) is 0 Å². The Kier molecular flexibility index (Phi) is 5.25. The summed E-state index contributed by atoms with van der Waals surface area (Å²) in [6.45, 7) is 2.41. The van der Waals surface area contributed by atoms with Gasteiger partial charge < -0.3 is 5.11 Å². The second kappa shape index (κ2) is 8.15. The molecule has 4 aromatic rings. The molecule has 1 heterocycles. The number of para-hydroxylation sites is 2. The van der Waals surface area contributed by atoms with Crippen molar-refractivity contribution in [3.8, 4) is 11.4 Å². The van der Waals surface area contributed by atoms with Gasteiger partial charge >= 0.3 is 0 Å². The first-order valence-corrected chi connectivity index (χ1v) is 9.70. The van der Waals surface area contributed by atoms with Gasteiger partial charge in [-0.05, 0) is 36.2 Å². The molecule has 29 heavy (non-hydrogen) atoms. The summed E-state index contributed by atoms with van der Waals surface area (Å²) in [5.74, 6) is -0.00792. The number of aromatic hydroxyl groups is 1. The molecule has 0 saturated heterocycles. The van der Waals surface area contributed by atoms with Gasteiger partial charge in [-0.25, -0.2) is 0 Å². The summed E-state index contributed by atoms with van der Waals surface area (Å²) < 4.78 is 1.65. The zero-order chi connectivity index (χ0) is 20.2. The Labute approximate surface area is 169 Å². The standard InChI is InChI=1S/C25H22N2O2/c1-2-21(26-17-18-11-5-3-6-12-18)23-24(28)20-15-9-10-16-22(20)27(25(23)29)19-13-7-4-8-14-19/h3-16,28H,2,17H2,1H3. The number of hydrogen-bond acceptors (Lipinski definition) is 3. The number of rotatable bonds is 5. The number of aromatic nitrogens is 1. The number of fused-ring (bicyclic) bond motifs is 1. The minimum Gasteiger partial charge on any atom is -0.506 e. The smallest absolute Gasteiger partial charge is 0.268 e. The average Bonchev–Trinajstić information content (AvgIpc) is 2.77. The van der Waals surface area contributed by atoms with Crippen molar-refractivity contribution in [3.63, 3.8) is 0 Å². The largest absolute Gasteiger partial charge is 0.506 e. The molecular weight excluding hydrogens is 360 g/mol. The fraction of sp³-hybridized carbons (Fsp3) is 0.120. The molecule has 0 unspecified atom stereocenters. The molecule has 0 radical (unpaired) electrons. The average molecular weight is 382 g/mol. The Hall–Kier alpha value is -3.66. The maximum Gasteiger partial charge on any atom is 0.268 e. The highest BCUT2D eigenvalue weighted by atomic mass is 16.3. The van der Waals surface area contributed by atoms with Crippen molar-refractivity contribution in [2.24, 2.45) is 4.99 Å². The predicted octanol–water partition coefficient (Wildman–Crippen LogP) is 5.10. The highest BCUT2D eigenvalue weighted by Crippen LogP contribution is 2.29. The molecule has 3 aromatic carbocycles. The lowest BCUT2D eigenvalue weighted by Crippen LogP contribution is -2.26. The molecule has 0 aliphatic rings. The maximum atomic E-state index is 13.5. The minimum atomic E-state index is -0.263. The van der Waals surface area contributed by atoms with E-state index >= 15 is 0 Å². The van der Waals surface area contributed by atoms with Crippen LogP contribution in [0.15, 0.2) is 94.7 Å². The predicted molar refractivity (Wildman–Crippen MR) is 118 cm³/mol. The number of hydrogen-bond donors (Lipinski definition) is 1. The topological polar surface area (TPSA) is 54.6 Å². The van der Waals surface area contributed by atoms with Gasteiger partial charge in [0.25, 0.3) is 5.56 Å². The van der Waals surface area contributed by atoms with E-state index in [2.05, 4.69) is 4.99 Å². The van der Waals surface area contributed by atoms with E-state index in [1.807, 2.05) is 91.9 Å². The van der Waals surface area contributed by atoms with Crippen molar-refractivity contribution in [1.29, 1.82) is 0 Å². The Morgan fingerprint density at radius 1 is 0.897 bits per heavy atom. The van der Waals surface area contributed by atoms with E-state index in [1.54, 1.807) is 4.57 Å². The Morgan fingerprint density at radius 2 is 1.52 bits per heavy atom. The summed E-state index contributed by atoms with van der Waals surface area (Å²) in [7, 11) is 0. The van der Waals surface area contributed by atoms with Crippen LogP contribution in [0.4, 0.5) is 0 Å². The number of pyridine rings is 1. The van der Waals surface area contributed by atoms with E-state index in [-0.39, 0.29) is 16.9 Å². The Balaban J connectivity index is 1.96. The minimum absolute atomic E-state index is 0.00792. The first-order chi connectivity index (χ1) is 14.2. The normalized spacial score (nSPS) is 11.7. The van der Waals surface area contributed by atoms with E-state index in [0.717, 1.165) is 11.3 Å². The molecule has 1 aromatic heterocycles. The van der Waals surface area contributed by atoms with Crippen LogP contribution in [-0.4, -0.2) is 15.4 Å². The molecule has 4 heteroatoms.